The second kappa shape index (κ2) is 6.98. The van der Waals surface area contributed by atoms with Gasteiger partial charge in [-0.1, -0.05) is 55.5 Å². The molecule has 2 heterocycles. The van der Waals surface area contributed by atoms with Gasteiger partial charge in [0.2, 0.25) is 0 Å². The lowest BCUT2D eigenvalue weighted by atomic mass is 9.97. The van der Waals surface area contributed by atoms with Crippen molar-refractivity contribution in [1.29, 1.82) is 0 Å². The third-order valence-corrected chi connectivity index (χ3v) is 6.23. The van der Waals surface area contributed by atoms with E-state index in [-0.39, 0.29) is 5.92 Å². The fraction of sp³-hybridized carbons (Fsp3) is 0.250. The van der Waals surface area contributed by atoms with Crippen LogP contribution in [0.25, 0.3) is 44.0 Å². The van der Waals surface area contributed by atoms with Crippen molar-refractivity contribution in [3.63, 3.8) is 0 Å². The molecule has 2 aromatic heterocycles. The van der Waals surface area contributed by atoms with E-state index in [1.807, 2.05) is 42.5 Å². The standard InChI is InChI=1S/C28H25NO/c1-18-6-9-23-21(14-18)7-11-27-28(23)24-17-22(8-10-26(24)30-27)25-16-20(12-13-29-25)15-19-4-2-3-5-19/h6-14,16-17,19H,2-5,15H2,1H3/i1D3,15D2. The highest BCUT2D eigenvalue weighted by atomic mass is 16.3. The fourth-order valence-corrected chi connectivity index (χ4v) is 4.75. The Labute approximate surface area is 183 Å². The Kier molecular flexibility index (Phi) is 3.08. The van der Waals surface area contributed by atoms with E-state index < -0.39 is 13.2 Å². The van der Waals surface area contributed by atoms with Gasteiger partial charge < -0.3 is 4.42 Å². The first-order valence-electron chi connectivity index (χ1n) is 13.1. The van der Waals surface area contributed by atoms with Gasteiger partial charge in [-0.15, -0.1) is 0 Å². The third kappa shape index (κ3) is 2.99. The van der Waals surface area contributed by atoms with Gasteiger partial charge in [0.15, 0.2) is 0 Å². The quantitative estimate of drug-likeness (QED) is 0.310. The lowest BCUT2D eigenvalue weighted by Crippen LogP contribution is -1.99. The molecule has 1 saturated carbocycles. The lowest BCUT2D eigenvalue weighted by Gasteiger charge is -2.10. The molecule has 1 aliphatic rings. The van der Waals surface area contributed by atoms with Crippen LogP contribution in [-0.2, 0) is 6.37 Å². The van der Waals surface area contributed by atoms with Crippen molar-refractivity contribution < 1.29 is 11.3 Å². The van der Waals surface area contributed by atoms with E-state index in [1.165, 1.54) is 0 Å². The molecule has 0 aliphatic heterocycles. The molecule has 0 N–H and O–H groups in total. The van der Waals surface area contributed by atoms with Gasteiger partial charge in [0.05, 0.1) is 5.69 Å². The average molecular weight is 397 g/mol. The maximum Gasteiger partial charge on any atom is 0.136 e. The van der Waals surface area contributed by atoms with Crippen LogP contribution in [0.4, 0.5) is 0 Å². The molecule has 0 radical (unpaired) electrons. The monoisotopic (exact) mass is 396 g/mol. The van der Waals surface area contributed by atoms with Crippen LogP contribution >= 0.6 is 0 Å². The van der Waals surface area contributed by atoms with Gasteiger partial charge in [0.1, 0.15) is 11.2 Å². The SMILES string of the molecule is [2H]C([2H])([2H])c1ccc2c(ccc3oc4ccc(-c5cc(C([2H])([2H])C6CCCC6)ccn5)cc4c32)c1. The molecule has 148 valence electrons. The van der Waals surface area contributed by atoms with E-state index >= 15 is 0 Å². The summed E-state index contributed by atoms with van der Waals surface area (Å²) in [5.41, 5.74) is 4.09. The number of nitrogens with zero attached hydrogens (tertiary/aromatic N) is 1. The van der Waals surface area contributed by atoms with Crippen LogP contribution in [0, 0.1) is 12.8 Å². The van der Waals surface area contributed by atoms with E-state index in [2.05, 4.69) is 4.98 Å². The Bertz CT molecular complexity index is 1580. The molecule has 5 aromatic rings. The molecule has 2 nitrogen and oxygen atoms in total. The van der Waals surface area contributed by atoms with Crippen LogP contribution in [-0.4, -0.2) is 4.98 Å². The molecular formula is C28H25NO. The largest absolute Gasteiger partial charge is 0.456 e. The number of aryl methyl sites for hydroxylation is 1. The zero-order chi connectivity index (χ0) is 24.4. The Morgan fingerprint density at radius 2 is 1.87 bits per heavy atom. The maximum absolute atomic E-state index is 8.77. The second-order valence-electron chi connectivity index (χ2n) is 8.24. The number of pyridine rings is 1. The third-order valence-electron chi connectivity index (χ3n) is 6.23. The van der Waals surface area contributed by atoms with Gasteiger partial charge in [0, 0.05) is 29.4 Å². The van der Waals surface area contributed by atoms with E-state index in [1.54, 1.807) is 24.4 Å². The fourth-order valence-electron chi connectivity index (χ4n) is 4.75. The Hall–Kier alpha value is -3.13. The molecule has 0 atom stereocenters. The summed E-state index contributed by atoms with van der Waals surface area (Å²) in [6, 6.07) is 18.6. The van der Waals surface area contributed by atoms with Crippen molar-refractivity contribution in [1.82, 2.24) is 4.98 Å². The molecule has 0 bridgehead atoms. The minimum atomic E-state index is -2.16. The molecule has 0 amide bonds. The molecule has 0 saturated heterocycles. The summed E-state index contributed by atoms with van der Waals surface area (Å²) in [4.78, 5) is 4.56. The van der Waals surface area contributed by atoms with E-state index in [9.17, 15) is 0 Å². The van der Waals surface area contributed by atoms with Crippen molar-refractivity contribution in [2.24, 2.45) is 5.92 Å². The predicted octanol–water partition coefficient (Wildman–Crippen LogP) is 7.84. The second-order valence-corrected chi connectivity index (χ2v) is 8.24. The first-order chi connectivity index (χ1) is 16.7. The van der Waals surface area contributed by atoms with Crippen molar-refractivity contribution in [2.75, 3.05) is 0 Å². The number of rotatable bonds is 3. The van der Waals surface area contributed by atoms with Crippen LogP contribution in [0.15, 0.2) is 71.3 Å². The van der Waals surface area contributed by atoms with Crippen LogP contribution in [0.5, 0.6) is 0 Å². The predicted molar refractivity (Wildman–Crippen MR) is 125 cm³/mol. The molecule has 1 fully saturated rings. The minimum absolute atomic E-state index is 0.0456. The Morgan fingerprint density at radius 1 is 0.967 bits per heavy atom. The van der Waals surface area contributed by atoms with Crippen molar-refractivity contribution >= 4 is 32.7 Å². The zero-order valence-electron chi connectivity index (χ0n) is 21.6. The van der Waals surface area contributed by atoms with Gasteiger partial charge in [-0.2, -0.15) is 0 Å². The number of aromatic nitrogens is 1. The number of fused-ring (bicyclic) bond motifs is 5. The van der Waals surface area contributed by atoms with Gasteiger partial charge in [0.25, 0.3) is 0 Å². The summed E-state index contributed by atoms with van der Waals surface area (Å²) in [7, 11) is 0. The number of benzene rings is 3. The van der Waals surface area contributed by atoms with Crippen molar-refractivity contribution in [3.8, 4) is 11.3 Å². The number of hydrogen-bond donors (Lipinski definition) is 0. The smallest absolute Gasteiger partial charge is 0.136 e. The van der Waals surface area contributed by atoms with E-state index in [4.69, 9.17) is 11.3 Å². The van der Waals surface area contributed by atoms with Crippen LogP contribution < -0.4 is 0 Å². The van der Waals surface area contributed by atoms with E-state index in [0.717, 1.165) is 69.7 Å². The number of furan rings is 1. The van der Waals surface area contributed by atoms with E-state index in [0.29, 0.717) is 11.1 Å². The van der Waals surface area contributed by atoms with Gasteiger partial charge in [-0.05, 0) is 71.9 Å². The molecule has 30 heavy (non-hydrogen) atoms. The van der Waals surface area contributed by atoms with Gasteiger partial charge in [-0.25, -0.2) is 0 Å². The summed E-state index contributed by atoms with van der Waals surface area (Å²) < 4.78 is 46.8. The normalized spacial score (nSPS) is 18.3. The van der Waals surface area contributed by atoms with Crippen LogP contribution in [0.1, 0.15) is 43.7 Å². The van der Waals surface area contributed by atoms with Crippen molar-refractivity contribution in [2.45, 2.75) is 38.9 Å². The maximum atomic E-state index is 8.77. The highest BCUT2D eigenvalue weighted by Gasteiger charge is 2.16. The molecule has 6 rings (SSSR count). The summed E-state index contributed by atoms with van der Waals surface area (Å²) in [5.74, 6) is 0.0456. The lowest BCUT2D eigenvalue weighted by molar-refractivity contribution is 0.546. The summed E-state index contributed by atoms with van der Waals surface area (Å²) >= 11 is 0. The minimum Gasteiger partial charge on any atom is -0.456 e. The zero-order valence-corrected chi connectivity index (χ0v) is 16.6. The Balaban J connectivity index is 1.49. The number of hydrogen-bond acceptors (Lipinski definition) is 2. The highest BCUT2D eigenvalue weighted by molar-refractivity contribution is 6.19. The first-order valence-corrected chi connectivity index (χ1v) is 10.6. The van der Waals surface area contributed by atoms with Crippen LogP contribution in [0.3, 0.4) is 0 Å². The van der Waals surface area contributed by atoms with Gasteiger partial charge in [-0.3, -0.25) is 4.98 Å². The van der Waals surface area contributed by atoms with Gasteiger partial charge >= 0.3 is 0 Å². The molecule has 3 aromatic carbocycles. The van der Waals surface area contributed by atoms with Crippen LogP contribution in [0.2, 0.25) is 0 Å². The average Bonchev–Trinajstić information content (AvgIpc) is 3.51. The molecular weight excluding hydrogens is 366 g/mol. The highest BCUT2D eigenvalue weighted by Crippen LogP contribution is 2.37. The summed E-state index contributed by atoms with van der Waals surface area (Å²) in [6.45, 7) is -2.16. The molecule has 0 spiro atoms. The van der Waals surface area contributed by atoms with Crippen molar-refractivity contribution in [3.05, 3.63) is 78.0 Å². The summed E-state index contributed by atoms with van der Waals surface area (Å²) in [6.07, 6.45) is 4.35. The summed E-state index contributed by atoms with van der Waals surface area (Å²) in [5, 5.41) is 3.65. The molecule has 1 aliphatic carbocycles. The molecule has 2 heteroatoms. The topological polar surface area (TPSA) is 26.0 Å². The first kappa shape index (κ1) is 13.2. The Morgan fingerprint density at radius 3 is 2.77 bits per heavy atom. The molecule has 0 unspecified atom stereocenters.